The molecule has 0 atom stereocenters. The van der Waals surface area contributed by atoms with E-state index in [9.17, 15) is 9.59 Å². The molecule has 0 aromatic carbocycles. The summed E-state index contributed by atoms with van der Waals surface area (Å²) in [4.78, 5) is 23.6. The Morgan fingerprint density at radius 1 is 1.60 bits per heavy atom. The van der Waals surface area contributed by atoms with Gasteiger partial charge in [-0.05, 0) is 11.5 Å². The van der Waals surface area contributed by atoms with Crippen molar-refractivity contribution >= 4 is 23.4 Å². The van der Waals surface area contributed by atoms with E-state index in [0.717, 1.165) is 11.5 Å². The summed E-state index contributed by atoms with van der Waals surface area (Å²) in [5.41, 5.74) is 0.341. The maximum atomic E-state index is 11.6. The van der Waals surface area contributed by atoms with E-state index < -0.39 is 5.97 Å². The van der Waals surface area contributed by atoms with Gasteiger partial charge < -0.3 is 10.0 Å². The number of nitrogens with zero attached hydrogens (tertiary/aromatic N) is 3. The summed E-state index contributed by atoms with van der Waals surface area (Å²) in [5.74, 6) is -0.897. The Bertz CT molecular complexity index is 372. The van der Waals surface area contributed by atoms with Crippen molar-refractivity contribution in [3.8, 4) is 0 Å². The van der Waals surface area contributed by atoms with Crippen LogP contribution in [0.15, 0.2) is 5.38 Å². The summed E-state index contributed by atoms with van der Waals surface area (Å²) in [6.45, 7) is 1.01. The molecule has 0 unspecified atom stereocenters. The molecule has 1 aliphatic heterocycles. The summed E-state index contributed by atoms with van der Waals surface area (Å²) in [6.07, 6.45) is 0.124. The first kappa shape index (κ1) is 10.0. The minimum atomic E-state index is -0.817. The number of hydrogen-bond donors (Lipinski definition) is 1. The lowest BCUT2D eigenvalue weighted by molar-refractivity contribution is -0.139. The Kier molecular flexibility index (Phi) is 2.63. The first-order valence-electron chi connectivity index (χ1n) is 4.45. The van der Waals surface area contributed by atoms with Crippen molar-refractivity contribution in [1.29, 1.82) is 0 Å². The van der Waals surface area contributed by atoms with Crippen molar-refractivity contribution < 1.29 is 14.7 Å². The van der Waals surface area contributed by atoms with Gasteiger partial charge in [-0.3, -0.25) is 9.59 Å². The minimum Gasteiger partial charge on any atom is -0.481 e. The van der Waals surface area contributed by atoms with Gasteiger partial charge in [0.2, 0.25) is 0 Å². The quantitative estimate of drug-likeness (QED) is 0.790. The van der Waals surface area contributed by atoms with Crippen LogP contribution in [0.4, 0.5) is 0 Å². The molecule has 0 aliphatic carbocycles. The largest absolute Gasteiger partial charge is 0.481 e. The molecule has 80 valence electrons. The predicted octanol–water partition coefficient (Wildman–Crippen LogP) is 0.0848. The molecule has 1 saturated heterocycles. The normalized spacial score (nSPS) is 16.1. The minimum absolute atomic E-state index is 0.0815. The molecule has 0 radical (unpaired) electrons. The second-order valence-corrected chi connectivity index (χ2v) is 4.07. The zero-order valence-electron chi connectivity index (χ0n) is 7.79. The van der Waals surface area contributed by atoms with Gasteiger partial charge in [-0.15, -0.1) is 5.10 Å². The van der Waals surface area contributed by atoms with E-state index >= 15 is 0 Å². The Labute approximate surface area is 89.7 Å². The second kappa shape index (κ2) is 3.93. The van der Waals surface area contributed by atoms with E-state index in [2.05, 4.69) is 9.59 Å². The van der Waals surface area contributed by atoms with Crippen LogP contribution in [0, 0.1) is 5.92 Å². The summed E-state index contributed by atoms with van der Waals surface area (Å²) in [5, 5.41) is 13.8. The molecule has 0 saturated carbocycles. The number of hydrogen-bond acceptors (Lipinski definition) is 5. The van der Waals surface area contributed by atoms with E-state index in [1.807, 2.05) is 0 Å². The fourth-order valence-corrected chi connectivity index (χ4v) is 1.96. The summed E-state index contributed by atoms with van der Waals surface area (Å²) < 4.78 is 3.60. The molecule has 2 heterocycles. The highest BCUT2D eigenvalue weighted by atomic mass is 32.1. The van der Waals surface area contributed by atoms with E-state index in [1.54, 1.807) is 10.3 Å². The number of aliphatic carboxylic acids is 1. The van der Waals surface area contributed by atoms with Crippen molar-refractivity contribution in [3.05, 3.63) is 11.1 Å². The number of aromatic nitrogens is 2. The number of likely N-dealkylation sites (tertiary alicyclic amines) is 1. The molecule has 15 heavy (non-hydrogen) atoms. The molecule has 1 aromatic rings. The lowest BCUT2D eigenvalue weighted by Gasteiger charge is -2.37. The fraction of sp³-hybridized carbons (Fsp3) is 0.500. The van der Waals surface area contributed by atoms with Crippen molar-refractivity contribution in [2.45, 2.75) is 6.42 Å². The van der Waals surface area contributed by atoms with Gasteiger partial charge in [0.1, 0.15) is 0 Å². The van der Waals surface area contributed by atoms with Crippen LogP contribution in [-0.2, 0) is 4.79 Å². The first-order chi connectivity index (χ1) is 7.16. The fourth-order valence-electron chi connectivity index (χ4n) is 1.53. The van der Waals surface area contributed by atoms with Gasteiger partial charge in [0.15, 0.2) is 5.69 Å². The van der Waals surface area contributed by atoms with Gasteiger partial charge in [-0.1, -0.05) is 4.49 Å². The molecule has 0 spiro atoms. The standard InChI is InChI=1S/C8H9N3O3S/c12-7(13)1-5-2-11(3-5)8(14)6-4-15-10-9-6/h4-5H,1-3H2,(H,12,13). The van der Waals surface area contributed by atoms with Gasteiger partial charge in [0.25, 0.3) is 5.91 Å². The third kappa shape index (κ3) is 2.12. The third-order valence-corrected chi connectivity index (χ3v) is 2.79. The molecule has 1 fully saturated rings. The second-order valence-electron chi connectivity index (χ2n) is 3.46. The zero-order valence-corrected chi connectivity index (χ0v) is 8.61. The van der Waals surface area contributed by atoms with Gasteiger partial charge >= 0.3 is 5.97 Å². The van der Waals surface area contributed by atoms with Crippen LogP contribution in [0.25, 0.3) is 0 Å². The average molecular weight is 227 g/mol. The highest BCUT2D eigenvalue weighted by molar-refractivity contribution is 7.03. The zero-order chi connectivity index (χ0) is 10.8. The van der Waals surface area contributed by atoms with E-state index in [0.29, 0.717) is 18.8 Å². The molecular formula is C8H9N3O3S. The summed E-state index contributed by atoms with van der Waals surface area (Å²) >= 11 is 1.13. The molecule has 6 nitrogen and oxygen atoms in total. The van der Waals surface area contributed by atoms with E-state index in [-0.39, 0.29) is 18.2 Å². The van der Waals surface area contributed by atoms with Crippen LogP contribution in [0.2, 0.25) is 0 Å². The lowest BCUT2D eigenvalue weighted by Crippen LogP contribution is -2.50. The molecule has 1 N–H and O–H groups in total. The lowest BCUT2D eigenvalue weighted by atomic mass is 9.96. The van der Waals surface area contributed by atoms with Crippen LogP contribution in [0.5, 0.6) is 0 Å². The van der Waals surface area contributed by atoms with Crippen LogP contribution in [0.1, 0.15) is 16.9 Å². The SMILES string of the molecule is O=C(O)CC1CN(C(=O)c2csnn2)C1. The molecular weight excluding hydrogens is 218 g/mol. The topological polar surface area (TPSA) is 83.4 Å². The Morgan fingerprint density at radius 3 is 2.87 bits per heavy atom. The van der Waals surface area contributed by atoms with Gasteiger partial charge in [0.05, 0.1) is 6.42 Å². The molecule has 0 bridgehead atoms. The molecule has 1 aromatic heterocycles. The number of amides is 1. The maximum absolute atomic E-state index is 11.6. The molecule has 7 heteroatoms. The number of carbonyl (C=O) groups excluding carboxylic acids is 1. The van der Waals surface area contributed by atoms with Crippen molar-refractivity contribution in [2.75, 3.05) is 13.1 Å². The Morgan fingerprint density at radius 2 is 2.33 bits per heavy atom. The number of carbonyl (C=O) groups is 2. The monoisotopic (exact) mass is 227 g/mol. The van der Waals surface area contributed by atoms with E-state index in [1.165, 1.54) is 0 Å². The van der Waals surface area contributed by atoms with Crippen LogP contribution in [0.3, 0.4) is 0 Å². The Hall–Kier alpha value is -1.50. The van der Waals surface area contributed by atoms with Crippen molar-refractivity contribution in [3.63, 3.8) is 0 Å². The Balaban J connectivity index is 1.85. The van der Waals surface area contributed by atoms with Gasteiger partial charge in [-0.25, -0.2) is 0 Å². The van der Waals surface area contributed by atoms with Gasteiger partial charge in [0, 0.05) is 24.4 Å². The summed E-state index contributed by atoms with van der Waals surface area (Å²) in [7, 11) is 0. The molecule has 1 amide bonds. The van der Waals surface area contributed by atoms with Crippen molar-refractivity contribution in [2.24, 2.45) is 5.92 Å². The molecule has 1 aliphatic rings. The van der Waals surface area contributed by atoms with E-state index in [4.69, 9.17) is 5.11 Å². The summed E-state index contributed by atoms with van der Waals surface area (Å²) in [6, 6.07) is 0. The third-order valence-electron chi connectivity index (χ3n) is 2.29. The highest BCUT2D eigenvalue weighted by Crippen LogP contribution is 2.20. The average Bonchev–Trinajstić information content (AvgIpc) is 2.61. The predicted molar refractivity (Wildman–Crippen MR) is 51.6 cm³/mol. The number of carboxylic acids is 1. The smallest absolute Gasteiger partial charge is 0.303 e. The first-order valence-corrected chi connectivity index (χ1v) is 5.28. The van der Waals surface area contributed by atoms with Crippen LogP contribution >= 0.6 is 11.5 Å². The van der Waals surface area contributed by atoms with Crippen LogP contribution in [-0.4, -0.2) is 44.6 Å². The van der Waals surface area contributed by atoms with Crippen molar-refractivity contribution in [1.82, 2.24) is 14.5 Å². The number of rotatable bonds is 3. The molecule has 2 rings (SSSR count). The van der Waals surface area contributed by atoms with Gasteiger partial charge in [-0.2, -0.15) is 0 Å². The number of carboxylic acid groups (broad SMARTS) is 1. The van der Waals surface area contributed by atoms with Crippen LogP contribution < -0.4 is 0 Å². The maximum Gasteiger partial charge on any atom is 0.303 e. The highest BCUT2D eigenvalue weighted by Gasteiger charge is 2.33.